The molecule has 140 valence electrons. The lowest BCUT2D eigenvalue weighted by atomic mass is 9.72. The largest absolute Gasteiger partial charge is 0.346 e. The molecule has 0 spiro atoms. The van der Waals surface area contributed by atoms with Crippen molar-refractivity contribution in [2.24, 2.45) is 5.92 Å². The highest BCUT2D eigenvalue weighted by Crippen LogP contribution is 2.40. The number of amides is 1. The van der Waals surface area contributed by atoms with Crippen molar-refractivity contribution >= 4 is 38.7 Å². The lowest BCUT2D eigenvalue weighted by Crippen LogP contribution is -2.69. The maximum atomic E-state index is 13.1. The molecule has 0 aliphatic carbocycles. The fraction of sp³-hybridized carbons (Fsp3) is 0.429. The first kappa shape index (κ1) is 17.3. The fourth-order valence-electron chi connectivity index (χ4n) is 4.79. The number of thiazole rings is 1. The molecule has 2 bridgehead atoms. The van der Waals surface area contributed by atoms with Gasteiger partial charge in [0.2, 0.25) is 0 Å². The van der Waals surface area contributed by atoms with Crippen LogP contribution in [0.1, 0.15) is 36.4 Å². The highest BCUT2D eigenvalue weighted by Gasteiger charge is 2.48. The Hall–Kier alpha value is -1.76. The Bertz CT molecular complexity index is 984. The smallest absolute Gasteiger partial charge is 0.261 e. The number of aromatic nitrogens is 1. The SMILES string of the molecule is CC1(C)[C@@H](NC(=O)c2cc3cccc(-c4nccs4)c3s2)C2CCN1CC2. The van der Waals surface area contributed by atoms with Gasteiger partial charge in [-0.15, -0.1) is 22.7 Å². The van der Waals surface area contributed by atoms with Gasteiger partial charge in [0.05, 0.1) is 4.88 Å². The molecule has 1 atom stereocenters. The molecule has 1 aromatic carbocycles. The molecule has 3 aliphatic rings. The third-order valence-electron chi connectivity index (χ3n) is 6.30. The molecule has 0 saturated carbocycles. The van der Waals surface area contributed by atoms with Crippen LogP contribution in [0.3, 0.4) is 0 Å². The maximum absolute atomic E-state index is 13.1. The highest BCUT2D eigenvalue weighted by atomic mass is 32.1. The van der Waals surface area contributed by atoms with Crippen LogP contribution in [-0.4, -0.2) is 40.5 Å². The Balaban J connectivity index is 1.46. The maximum Gasteiger partial charge on any atom is 0.261 e. The number of rotatable bonds is 3. The minimum atomic E-state index is 0.0273. The van der Waals surface area contributed by atoms with Gasteiger partial charge in [0, 0.05) is 33.4 Å². The van der Waals surface area contributed by atoms with E-state index in [4.69, 9.17) is 0 Å². The van der Waals surface area contributed by atoms with Crippen molar-refractivity contribution in [1.29, 1.82) is 0 Å². The molecule has 2 aromatic heterocycles. The van der Waals surface area contributed by atoms with Crippen LogP contribution in [0.25, 0.3) is 20.7 Å². The van der Waals surface area contributed by atoms with Gasteiger partial charge in [0.15, 0.2) is 0 Å². The zero-order valence-corrected chi connectivity index (χ0v) is 17.2. The molecule has 3 saturated heterocycles. The lowest BCUT2D eigenvalue weighted by Gasteiger charge is -2.56. The third-order valence-corrected chi connectivity index (χ3v) is 8.29. The number of carbonyl (C=O) groups excluding carboxylic acids is 1. The van der Waals surface area contributed by atoms with E-state index in [9.17, 15) is 4.79 Å². The molecule has 3 aliphatic heterocycles. The van der Waals surface area contributed by atoms with E-state index in [0.29, 0.717) is 5.92 Å². The summed E-state index contributed by atoms with van der Waals surface area (Å²) in [7, 11) is 0. The number of benzene rings is 1. The minimum Gasteiger partial charge on any atom is -0.346 e. The number of nitrogens with zero attached hydrogens (tertiary/aromatic N) is 2. The Labute approximate surface area is 167 Å². The molecule has 1 amide bonds. The van der Waals surface area contributed by atoms with Gasteiger partial charge >= 0.3 is 0 Å². The Kier molecular flexibility index (Phi) is 4.11. The molecule has 6 rings (SSSR count). The fourth-order valence-corrected chi connectivity index (χ4v) is 6.60. The van der Waals surface area contributed by atoms with Crippen molar-refractivity contribution in [1.82, 2.24) is 15.2 Å². The van der Waals surface area contributed by atoms with E-state index in [0.717, 1.165) is 38.6 Å². The van der Waals surface area contributed by atoms with Crippen molar-refractivity contribution in [2.75, 3.05) is 13.1 Å². The molecular weight excluding hydrogens is 374 g/mol. The van der Waals surface area contributed by atoms with E-state index in [2.05, 4.69) is 41.2 Å². The molecular formula is C21H23N3OS2. The van der Waals surface area contributed by atoms with E-state index in [1.807, 2.05) is 23.7 Å². The number of carbonyl (C=O) groups is 1. The zero-order valence-electron chi connectivity index (χ0n) is 15.6. The number of fused-ring (bicyclic) bond motifs is 4. The van der Waals surface area contributed by atoms with Crippen LogP contribution in [0.15, 0.2) is 35.8 Å². The summed E-state index contributed by atoms with van der Waals surface area (Å²) in [6.45, 7) is 6.86. The zero-order chi connectivity index (χ0) is 18.6. The Morgan fingerprint density at radius 3 is 2.81 bits per heavy atom. The van der Waals surface area contributed by atoms with E-state index in [1.165, 1.54) is 12.8 Å². The summed E-state index contributed by atoms with van der Waals surface area (Å²) in [4.78, 5) is 20.9. The van der Waals surface area contributed by atoms with Gasteiger partial charge in [-0.05, 0) is 57.1 Å². The topological polar surface area (TPSA) is 45.2 Å². The molecule has 27 heavy (non-hydrogen) atoms. The summed E-state index contributed by atoms with van der Waals surface area (Å²) in [5, 5.41) is 7.50. The lowest BCUT2D eigenvalue weighted by molar-refractivity contribution is -0.0377. The van der Waals surface area contributed by atoms with Crippen molar-refractivity contribution < 1.29 is 4.79 Å². The van der Waals surface area contributed by atoms with Crippen molar-refractivity contribution in [3.8, 4) is 10.6 Å². The molecule has 4 nitrogen and oxygen atoms in total. The van der Waals surface area contributed by atoms with E-state index in [1.54, 1.807) is 22.7 Å². The average molecular weight is 398 g/mol. The Morgan fingerprint density at radius 2 is 2.11 bits per heavy atom. The molecule has 0 unspecified atom stereocenters. The second-order valence-corrected chi connectivity index (χ2v) is 10.0. The van der Waals surface area contributed by atoms with Gasteiger partial charge in [0.1, 0.15) is 5.01 Å². The van der Waals surface area contributed by atoms with Crippen LogP contribution in [0, 0.1) is 5.92 Å². The molecule has 5 heterocycles. The van der Waals surface area contributed by atoms with Crippen molar-refractivity contribution in [2.45, 2.75) is 38.3 Å². The second kappa shape index (κ2) is 6.40. The van der Waals surface area contributed by atoms with Crippen LogP contribution in [0.5, 0.6) is 0 Å². The third kappa shape index (κ3) is 2.82. The number of thiophene rings is 1. The first-order valence-electron chi connectivity index (χ1n) is 9.52. The summed E-state index contributed by atoms with van der Waals surface area (Å²) < 4.78 is 1.14. The summed E-state index contributed by atoms with van der Waals surface area (Å²) in [6, 6.07) is 8.47. The summed E-state index contributed by atoms with van der Waals surface area (Å²) in [5.74, 6) is 0.655. The van der Waals surface area contributed by atoms with Crippen molar-refractivity contribution in [3.63, 3.8) is 0 Å². The number of hydrogen-bond acceptors (Lipinski definition) is 5. The van der Waals surface area contributed by atoms with Crippen LogP contribution < -0.4 is 5.32 Å². The second-order valence-electron chi connectivity index (χ2n) is 8.10. The number of nitrogens with one attached hydrogen (secondary N) is 1. The predicted octanol–water partition coefficient (Wildman–Crippen LogP) is 4.63. The predicted molar refractivity (Wildman–Crippen MR) is 113 cm³/mol. The van der Waals surface area contributed by atoms with E-state index < -0.39 is 0 Å². The standard InChI is InChI=1S/C21H23N3OS2/c1-21(2)18(13-6-9-24(21)10-7-13)23-19(25)16-12-14-4-3-5-15(17(14)27-16)20-22-8-11-26-20/h3-5,8,11-13,18H,6-7,9-10H2,1-2H3,(H,23,25)/t18-/m0/s1. The Morgan fingerprint density at radius 1 is 1.30 bits per heavy atom. The average Bonchev–Trinajstić information content (AvgIpc) is 3.34. The quantitative estimate of drug-likeness (QED) is 0.701. The van der Waals surface area contributed by atoms with Crippen LogP contribution >= 0.6 is 22.7 Å². The van der Waals surface area contributed by atoms with E-state index in [-0.39, 0.29) is 17.5 Å². The molecule has 0 radical (unpaired) electrons. The van der Waals surface area contributed by atoms with Gasteiger partial charge in [0.25, 0.3) is 5.91 Å². The monoisotopic (exact) mass is 397 g/mol. The van der Waals surface area contributed by atoms with Crippen LogP contribution in [0.4, 0.5) is 0 Å². The summed E-state index contributed by atoms with van der Waals surface area (Å²) >= 11 is 3.21. The minimum absolute atomic E-state index is 0.0273. The molecule has 3 fully saturated rings. The van der Waals surface area contributed by atoms with Gasteiger partial charge in [-0.3, -0.25) is 9.69 Å². The van der Waals surface area contributed by atoms with Gasteiger partial charge in [-0.1, -0.05) is 18.2 Å². The van der Waals surface area contributed by atoms with Crippen LogP contribution in [0.2, 0.25) is 0 Å². The summed E-state index contributed by atoms with van der Waals surface area (Å²) in [6.07, 6.45) is 4.21. The first-order valence-corrected chi connectivity index (χ1v) is 11.2. The normalized spacial score (nSPS) is 26.4. The summed E-state index contributed by atoms with van der Waals surface area (Å²) in [5.41, 5.74) is 1.15. The van der Waals surface area contributed by atoms with Gasteiger partial charge in [-0.25, -0.2) is 4.98 Å². The first-order chi connectivity index (χ1) is 13.0. The van der Waals surface area contributed by atoms with Crippen LogP contribution in [-0.2, 0) is 0 Å². The van der Waals surface area contributed by atoms with Gasteiger partial charge < -0.3 is 5.32 Å². The molecule has 3 aromatic rings. The molecule has 1 N–H and O–H groups in total. The molecule has 6 heteroatoms. The number of hydrogen-bond donors (Lipinski definition) is 1. The van der Waals surface area contributed by atoms with E-state index >= 15 is 0 Å². The van der Waals surface area contributed by atoms with Crippen molar-refractivity contribution in [3.05, 3.63) is 40.7 Å². The number of piperidine rings is 3. The van der Waals surface area contributed by atoms with Gasteiger partial charge in [-0.2, -0.15) is 0 Å². The highest BCUT2D eigenvalue weighted by molar-refractivity contribution is 7.22.